The lowest BCUT2D eigenvalue weighted by Gasteiger charge is -2.27. The standard InChI is InChI=1S/C29H39N3O3/c1-4-25(34)24-14-29-15-26(29)32(24)27(35)17-31-16-23(20(3)33)22-13-19(2)12-21(28(22)31)10-8-6-5-7-9-11-30-18-29/h12-13,16,24,26,30H,4-11,14-15,17-18H2,1-3H3/t24-,26+,29-/m0/s1. The third-order valence-corrected chi connectivity index (χ3v) is 8.58. The largest absolute Gasteiger partial charge is 0.337 e. The molecule has 0 radical (unpaired) electrons. The average molecular weight is 478 g/mol. The number of nitrogens with zero attached hydrogens (tertiary/aromatic N) is 2. The van der Waals surface area contributed by atoms with Crippen molar-refractivity contribution in [3.63, 3.8) is 0 Å². The zero-order valence-electron chi connectivity index (χ0n) is 21.5. The van der Waals surface area contributed by atoms with Crippen molar-refractivity contribution in [3.8, 4) is 0 Å². The lowest BCUT2D eigenvalue weighted by atomic mass is 9.96. The number of ketones is 2. The summed E-state index contributed by atoms with van der Waals surface area (Å²) in [5.74, 6) is 0.189. The van der Waals surface area contributed by atoms with Crippen LogP contribution in [0.25, 0.3) is 10.9 Å². The predicted molar refractivity (Wildman–Crippen MR) is 138 cm³/mol. The highest BCUT2D eigenvalue weighted by molar-refractivity contribution is 6.08. The number of nitrogens with one attached hydrogen (secondary N) is 1. The number of aromatic nitrogens is 1. The molecule has 3 heterocycles. The zero-order valence-corrected chi connectivity index (χ0v) is 21.5. The van der Waals surface area contributed by atoms with Crippen LogP contribution in [0.2, 0.25) is 0 Å². The number of rotatable bonds is 3. The Morgan fingerprint density at radius 3 is 2.66 bits per heavy atom. The Labute approximate surface area is 208 Å². The van der Waals surface area contributed by atoms with E-state index < -0.39 is 0 Å². The fraction of sp³-hybridized carbons (Fsp3) is 0.621. The summed E-state index contributed by atoms with van der Waals surface area (Å²) in [5, 5.41) is 4.59. The van der Waals surface area contributed by atoms with Crippen LogP contribution < -0.4 is 5.32 Å². The van der Waals surface area contributed by atoms with Gasteiger partial charge in [0.2, 0.25) is 5.91 Å². The Bertz CT molecular complexity index is 1170. The molecule has 6 heteroatoms. The van der Waals surface area contributed by atoms with E-state index in [1.165, 1.54) is 31.2 Å². The summed E-state index contributed by atoms with van der Waals surface area (Å²) < 4.78 is 2.00. The van der Waals surface area contributed by atoms with Crippen LogP contribution in [0.1, 0.15) is 86.7 Å². The minimum atomic E-state index is -0.317. The van der Waals surface area contributed by atoms with Crippen LogP contribution in [0.3, 0.4) is 0 Å². The van der Waals surface area contributed by atoms with Gasteiger partial charge in [-0.2, -0.15) is 0 Å². The summed E-state index contributed by atoms with van der Waals surface area (Å²) in [6, 6.07) is 4.13. The molecule has 1 saturated heterocycles. The number of hydrogen-bond donors (Lipinski definition) is 1. The first-order valence-corrected chi connectivity index (χ1v) is 13.5. The van der Waals surface area contributed by atoms with Gasteiger partial charge < -0.3 is 14.8 Å². The second-order valence-electron chi connectivity index (χ2n) is 11.2. The highest BCUT2D eigenvalue weighted by Crippen LogP contribution is 2.59. The third-order valence-electron chi connectivity index (χ3n) is 8.58. The van der Waals surface area contributed by atoms with Crippen LogP contribution in [0.4, 0.5) is 0 Å². The SMILES string of the molecule is CCC(=O)[C@@H]1C[C@]23CNCCCCCCCc4cc(C)cc5c(C(C)=O)cn(c45)CC(=O)N1[C@@H]2C3. The van der Waals surface area contributed by atoms with Crippen LogP contribution in [0.15, 0.2) is 18.3 Å². The molecule has 1 N–H and O–H groups in total. The molecule has 2 aliphatic heterocycles. The van der Waals surface area contributed by atoms with Crippen molar-refractivity contribution in [2.45, 2.75) is 97.2 Å². The molecule has 1 aromatic carbocycles. The highest BCUT2D eigenvalue weighted by atomic mass is 16.2. The minimum Gasteiger partial charge on any atom is -0.337 e. The van der Waals surface area contributed by atoms with Gasteiger partial charge in [-0.1, -0.05) is 37.8 Å². The molecule has 1 saturated carbocycles. The van der Waals surface area contributed by atoms with Crippen molar-refractivity contribution in [2.75, 3.05) is 13.1 Å². The maximum Gasteiger partial charge on any atom is 0.243 e. The van der Waals surface area contributed by atoms with Crippen LogP contribution in [-0.2, 0) is 22.6 Å². The lowest BCUT2D eigenvalue weighted by Crippen LogP contribution is -2.44. The summed E-state index contributed by atoms with van der Waals surface area (Å²) >= 11 is 0. The number of amides is 1. The van der Waals surface area contributed by atoms with E-state index in [1.807, 2.05) is 22.6 Å². The van der Waals surface area contributed by atoms with E-state index in [-0.39, 0.29) is 41.5 Å². The summed E-state index contributed by atoms with van der Waals surface area (Å²) in [6.45, 7) is 7.64. The van der Waals surface area contributed by atoms with E-state index in [4.69, 9.17) is 0 Å². The first-order chi connectivity index (χ1) is 16.8. The molecule has 6 nitrogen and oxygen atoms in total. The first kappa shape index (κ1) is 24.2. The number of carbonyl (C=O) groups is 3. The summed E-state index contributed by atoms with van der Waals surface area (Å²) in [5.41, 5.74) is 4.10. The van der Waals surface area contributed by atoms with Crippen molar-refractivity contribution >= 4 is 28.4 Å². The monoisotopic (exact) mass is 477 g/mol. The third kappa shape index (κ3) is 4.46. The molecule has 1 aliphatic carbocycles. The van der Waals surface area contributed by atoms with Crippen molar-refractivity contribution in [2.24, 2.45) is 5.41 Å². The number of piperidine rings is 1. The number of hydrogen-bond acceptors (Lipinski definition) is 4. The minimum absolute atomic E-state index is 0.00372. The molecule has 0 unspecified atom stereocenters. The average Bonchev–Trinajstić information content (AvgIpc) is 3.23. The molecule has 1 aromatic heterocycles. The molecule has 2 bridgehead atoms. The van der Waals surface area contributed by atoms with E-state index in [9.17, 15) is 14.4 Å². The number of Topliss-reactive ketones (excluding diaryl/α,β-unsaturated/α-hetero) is 2. The first-order valence-electron chi connectivity index (χ1n) is 13.5. The van der Waals surface area contributed by atoms with E-state index in [2.05, 4.69) is 24.4 Å². The predicted octanol–water partition coefficient (Wildman–Crippen LogP) is 4.59. The van der Waals surface area contributed by atoms with Gasteiger partial charge in [-0.3, -0.25) is 14.4 Å². The molecular formula is C29H39N3O3. The van der Waals surface area contributed by atoms with E-state index >= 15 is 0 Å². The van der Waals surface area contributed by atoms with Crippen LogP contribution >= 0.6 is 0 Å². The smallest absolute Gasteiger partial charge is 0.243 e. The van der Waals surface area contributed by atoms with Gasteiger partial charge in [0.1, 0.15) is 6.54 Å². The van der Waals surface area contributed by atoms with Gasteiger partial charge in [0, 0.05) is 41.6 Å². The van der Waals surface area contributed by atoms with Crippen molar-refractivity contribution in [1.82, 2.24) is 14.8 Å². The Balaban J connectivity index is 1.55. The maximum atomic E-state index is 13.8. The molecule has 2 fully saturated rings. The molecular weight excluding hydrogens is 438 g/mol. The lowest BCUT2D eigenvalue weighted by molar-refractivity contribution is -0.139. The van der Waals surface area contributed by atoms with Gasteiger partial charge in [-0.25, -0.2) is 0 Å². The molecule has 3 aliphatic rings. The number of carbonyl (C=O) groups excluding carboxylic acids is 3. The molecule has 35 heavy (non-hydrogen) atoms. The second kappa shape index (κ2) is 9.53. The fourth-order valence-electron chi connectivity index (χ4n) is 6.70. The van der Waals surface area contributed by atoms with Crippen molar-refractivity contribution in [3.05, 3.63) is 35.0 Å². The molecule has 0 spiro atoms. The zero-order chi connectivity index (χ0) is 24.7. The molecule has 5 rings (SSSR count). The van der Waals surface area contributed by atoms with Gasteiger partial charge in [-0.15, -0.1) is 0 Å². The second-order valence-corrected chi connectivity index (χ2v) is 11.2. The van der Waals surface area contributed by atoms with Gasteiger partial charge in [0.15, 0.2) is 11.6 Å². The molecule has 1 amide bonds. The van der Waals surface area contributed by atoms with E-state index in [0.717, 1.165) is 55.2 Å². The van der Waals surface area contributed by atoms with Crippen molar-refractivity contribution in [1.29, 1.82) is 0 Å². The highest BCUT2D eigenvalue weighted by Gasteiger charge is 2.66. The Hall–Kier alpha value is -2.47. The van der Waals surface area contributed by atoms with Gasteiger partial charge in [0.25, 0.3) is 0 Å². The maximum absolute atomic E-state index is 13.8. The Morgan fingerprint density at radius 2 is 1.89 bits per heavy atom. The quantitative estimate of drug-likeness (QED) is 0.657. The van der Waals surface area contributed by atoms with Gasteiger partial charge in [0.05, 0.1) is 11.6 Å². The van der Waals surface area contributed by atoms with Gasteiger partial charge >= 0.3 is 0 Å². The Morgan fingerprint density at radius 1 is 1.11 bits per heavy atom. The number of benzene rings is 1. The number of aryl methyl sites for hydroxylation is 2. The van der Waals surface area contributed by atoms with Crippen LogP contribution in [0, 0.1) is 12.3 Å². The van der Waals surface area contributed by atoms with E-state index in [0.29, 0.717) is 12.0 Å². The topological polar surface area (TPSA) is 71.4 Å². The Kier molecular flexibility index (Phi) is 6.60. The van der Waals surface area contributed by atoms with Gasteiger partial charge in [-0.05, 0) is 64.1 Å². The van der Waals surface area contributed by atoms with E-state index in [1.54, 1.807) is 6.92 Å². The normalized spacial score (nSPS) is 27.5. The summed E-state index contributed by atoms with van der Waals surface area (Å²) in [7, 11) is 0. The molecule has 3 atom stereocenters. The molecule has 188 valence electrons. The van der Waals surface area contributed by atoms with Crippen molar-refractivity contribution < 1.29 is 14.4 Å². The van der Waals surface area contributed by atoms with Crippen LogP contribution in [-0.4, -0.2) is 52.1 Å². The molecule has 2 aromatic rings. The fourth-order valence-corrected chi connectivity index (χ4v) is 6.70. The summed E-state index contributed by atoms with van der Waals surface area (Å²) in [4.78, 5) is 41.2. The van der Waals surface area contributed by atoms with Crippen LogP contribution in [0.5, 0.6) is 0 Å². The summed E-state index contributed by atoms with van der Waals surface area (Å²) in [6.07, 6.45) is 10.9.